The number of aromatic nitrogens is 1. The van der Waals surface area contributed by atoms with Crippen molar-refractivity contribution in [3.8, 4) is 23.1 Å². The van der Waals surface area contributed by atoms with Crippen molar-refractivity contribution in [2.24, 2.45) is 7.05 Å². The van der Waals surface area contributed by atoms with E-state index in [0.717, 1.165) is 16.4 Å². The van der Waals surface area contributed by atoms with Crippen LogP contribution in [0.2, 0.25) is 0 Å². The number of sulfonamides is 1. The topological polar surface area (TPSA) is 75.3 Å². The monoisotopic (exact) mass is 373 g/mol. The van der Waals surface area contributed by atoms with Crippen LogP contribution in [0.1, 0.15) is 5.69 Å². The maximum Gasteiger partial charge on any atom is 0.573 e. The first-order chi connectivity index (χ1) is 11.5. The minimum Gasteiger partial charge on any atom is -0.404 e. The molecule has 134 valence electrons. The molecule has 0 aliphatic carbocycles. The first-order valence-electron chi connectivity index (χ1n) is 6.86. The molecule has 0 saturated carbocycles. The molecule has 0 amide bonds. The quantitative estimate of drug-likeness (QED) is 0.826. The molecule has 0 fully saturated rings. The third-order valence-corrected chi connectivity index (χ3v) is 5.31. The van der Waals surface area contributed by atoms with E-state index in [1.165, 1.54) is 30.8 Å². The van der Waals surface area contributed by atoms with Crippen molar-refractivity contribution in [1.29, 1.82) is 5.26 Å². The number of hydrogen-bond acceptors (Lipinski definition) is 4. The molecule has 25 heavy (non-hydrogen) atoms. The zero-order valence-corrected chi connectivity index (χ0v) is 14.3. The minimum absolute atomic E-state index is 0.279. The molecule has 6 nitrogen and oxygen atoms in total. The fourth-order valence-corrected chi connectivity index (χ4v) is 3.18. The number of nitriles is 1. The van der Waals surface area contributed by atoms with Crippen LogP contribution < -0.4 is 4.74 Å². The summed E-state index contributed by atoms with van der Waals surface area (Å²) in [7, 11) is -0.156. The Kier molecular flexibility index (Phi) is 4.83. The van der Waals surface area contributed by atoms with Gasteiger partial charge in [0.05, 0.1) is 0 Å². The van der Waals surface area contributed by atoms with Gasteiger partial charge in [0, 0.05) is 32.4 Å². The smallest absolute Gasteiger partial charge is 0.404 e. The highest BCUT2D eigenvalue weighted by atomic mass is 32.2. The molecule has 0 unspecified atom stereocenters. The summed E-state index contributed by atoms with van der Waals surface area (Å²) in [4.78, 5) is -0.603. The summed E-state index contributed by atoms with van der Waals surface area (Å²) in [5.74, 6) is -0.835. The van der Waals surface area contributed by atoms with Gasteiger partial charge >= 0.3 is 6.36 Å². The number of rotatable bonds is 4. The van der Waals surface area contributed by atoms with Crippen LogP contribution in [0.15, 0.2) is 35.2 Å². The molecule has 0 atom stereocenters. The molecular formula is C15H14F3N3O3S. The van der Waals surface area contributed by atoms with E-state index in [-0.39, 0.29) is 5.56 Å². The van der Waals surface area contributed by atoms with Crippen LogP contribution >= 0.6 is 0 Å². The van der Waals surface area contributed by atoms with Crippen molar-refractivity contribution in [1.82, 2.24) is 8.87 Å². The van der Waals surface area contributed by atoms with Gasteiger partial charge in [0.15, 0.2) is 0 Å². The second-order valence-corrected chi connectivity index (χ2v) is 7.39. The van der Waals surface area contributed by atoms with Gasteiger partial charge in [-0.25, -0.2) is 12.7 Å². The lowest BCUT2D eigenvalue weighted by molar-refractivity contribution is -0.275. The lowest BCUT2D eigenvalue weighted by Gasteiger charge is -2.18. The minimum atomic E-state index is -5.05. The van der Waals surface area contributed by atoms with Crippen LogP contribution in [0, 0.1) is 11.3 Å². The number of nitrogens with zero attached hydrogens (tertiary/aromatic N) is 3. The average molecular weight is 373 g/mol. The molecule has 2 rings (SSSR count). The van der Waals surface area contributed by atoms with Crippen molar-refractivity contribution in [2.75, 3.05) is 14.1 Å². The van der Waals surface area contributed by atoms with Gasteiger partial charge in [0.2, 0.25) is 10.0 Å². The summed E-state index contributed by atoms with van der Waals surface area (Å²) in [5, 5.41) is 8.97. The lowest BCUT2D eigenvalue weighted by atomic mass is 10.1. The van der Waals surface area contributed by atoms with Crippen LogP contribution in [-0.2, 0) is 17.1 Å². The van der Waals surface area contributed by atoms with Gasteiger partial charge in [-0.15, -0.1) is 13.2 Å². The number of benzene rings is 1. The molecule has 0 spiro atoms. The van der Waals surface area contributed by atoms with Crippen molar-refractivity contribution in [3.05, 3.63) is 36.0 Å². The maximum atomic E-state index is 12.7. The number of halogens is 3. The van der Waals surface area contributed by atoms with Crippen LogP contribution in [0.3, 0.4) is 0 Å². The van der Waals surface area contributed by atoms with Gasteiger partial charge in [0.1, 0.15) is 22.4 Å². The van der Waals surface area contributed by atoms with E-state index in [1.54, 1.807) is 13.1 Å². The summed E-state index contributed by atoms with van der Waals surface area (Å²) in [6.07, 6.45) is -5.05. The third kappa shape index (κ3) is 3.78. The predicted molar refractivity (Wildman–Crippen MR) is 83.1 cm³/mol. The summed E-state index contributed by atoms with van der Waals surface area (Å²) >= 11 is 0. The molecule has 0 saturated heterocycles. The summed E-state index contributed by atoms with van der Waals surface area (Å²) < 4.78 is 68.8. The largest absolute Gasteiger partial charge is 0.573 e. The lowest BCUT2D eigenvalue weighted by Crippen LogP contribution is -2.25. The molecule has 1 aromatic carbocycles. The van der Waals surface area contributed by atoms with Crippen molar-refractivity contribution >= 4 is 10.0 Å². The van der Waals surface area contributed by atoms with E-state index in [4.69, 9.17) is 5.26 Å². The molecule has 0 N–H and O–H groups in total. The molecule has 0 bridgehead atoms. The van der Waals surface area contributed by atoms with E-state index in [1.807, 2.05) is 6.07 Å². The summed E-state index contributed by atoms with van der Waals surface area (Å²) in [5.41, 5.74) is 1.02. The van der Waals surface area contributed by atoms with Crippen molar-refractivity contribution in [3.63, 3.8) is 0 Å². The second-order valence-electron chi connectivity index (χ2n) is 5.27. The van der Waals surface area contributed by atoms with Gasteiger partial charge in [-0.3, -0.25) is 0 Å². The third-order valence-electron chi connectivity index (χ3n) is 3.46. The Morgan fingerprint density at radius 1 is 1.20 bits per heavy atom. The first kappa shape index (κ1) is 18.8. The van der Waals surface area contributed by atoms with Crippen molar-refractivity contribution < 1.29 is 26.3 Å². The summed E-state index contributed by atoms with van der Waals surface area (Å²) in [6, 6.07) is 8.38. The second kappa shape index (κ2) is 6.42. The standard InChI is InChI=1S/C15H14F3N3O3S/c1-20(2)25(22,23)14-7-4-10(8-13(14)24-15(16,17)18)12-6-5-11(9-19)21(12)3/h4-8H,1-3H3. The Morgan fingerprint density at radius 3 is 2.32 bits per heavy atom. The number of hydrogen-bond donors (Lipinski definition) is 0. The Hall–Kier alpha value is -2.51. The normalized spacial score (nSPS) is 12.2. The van der Waals surface area contributed by atoms with Crippen LogP contribution in [0.4, 0.5) is 13.2 Å². The van der Waals surface area contributed by atoms with Crippen LogP contribution in [0.25, 0.3) is 11.3 Å². The summed E-state index contributed by atoms with van der Waals surface area (Å²) in [6.45, 7) is 0. The van der Waals surface area contributed by atoms with Gasteiger partial charge in [0.25, 0.3) is 0 Å². The predicted octanol–water partition coefficient (Wildman–Crippen LogP) is 2.71. The molecule has 2 aromatic rings. The molecule has 0 aliphatic rings. The zero-order valence-electron chi connectivity index (χ0n) is 13.5. The first-order valence-corrected chi connectivity index (χ1v) is 8.30. The number of ether oxygens (including phenoxy) is 1. The van der Waals surface area contributed by atoms with E-state index in [0.29, 0.717) is 11.4 Å². The van der Waals surface area contributed by atoms with Gasteiger partial charge in [-0.2, -0.15) is 5.26 Å². The van der Waals surface area contributed by atoms with Crippen molar-refractivity contribution in [2.45, 2.75) is 11.3 Å². The number of alkyl halides is 3. The van der Waals surface area contributed by atoms with E-state index in [2.05, 4.69) is 4.74 Å². The Morgan fingerprint density at radius 2 is 1.84 bits per heavy atom. The molecule has 10 heteroatoms. The maximum absolute atomic E-state index is 12.7. The van der Waals surface area contributed by atoms with E-state index in [9.17, 15) is 21.6 Å². The molecule has 0 aliphatic heterocycles. The van der Waals surface area contributed by atoms with Gasteiger partial charge < -0.3 is 9.30 Å². The highest BCUT2D eigenvalue weighted by Crippen LogP contribution is 2.35. The SMILES string of the molecule is CN(C)S(=O)(=O)c1ccc(-c2ccc(C#N)n2C)cc1OC(F)(F)F. The van der Waals surface area contributed by atoms with Gasteiger partial charge in [-0.1, -0.05) is 6.07 Å². The highest BCUT2D eigenvalue weighted by Gasteiger charge is 2.35. The average Bonchev–Trinajstić information content (AvgIpc) is 2.86. The van der Waals surface area contributed by atoms with Crippen LogP contribution in [-0.4, -0.2) is 37.7 Å². The van der Waals surface area contributed by atoms with Gasteiger partial charge in [-0.05, 0) is 24.3 Å². The van der Waals surface area contributed by atoms with Crippen LogP contribution in [0.5, 0.6) is 5.75 Å². The van der Waals surface area contributed by atoms with E-state index < -0.39 is 27.0 Å². The fourth-order valence-electron chi connectivity index (χ4n) is 2.20. The van der Waals surface area contributed by atoms with E-state index >= 15 is 0 Å². The molecule has 0 radical (unpaired) electrons. The molecule has 1 aromatic heterocycles. The Labute approximate surface area is 142 Å². The fraction of sp³-hybridized carbons (Fsp3) is 0.267. The Bertz CT molecular complexity index is 941. The molecular weight excluding hydrogens is 359 g/mol. The highest BCUT2D eigenvalue weighted by molar-refractivity contribution is 7.89. The molecule has 1 heterocycles. The zero-order chi connectivity index (χ0) is 19.0. The Balaban J connectivity index is 2.66.